The summed E-state index contributed by atoms with van der Waals surface area (Å²) in [7, 11) is 1.45. The van der Waals surface area contributed by atoms with E-state index in [1.165, 1.54) is 13.3 Å². The Hall–Kier alpha value is -1.24. The first-order chi connectivity index (χ1) is 8.48. The molecule has 0 radical (unpaired) electrons. The fourth-order valence-corrected chi connectivity index (χ4v) is 2.18. The van der Waals surface area contributed by atoms with Crippen LogP contribution in [0.2, 0.25) is 0 Å². The average molecular weight is 257 g/mol. The summed E-state index contributed by atoms with van der Waals surface area (Å²) >= 11 is 0. The van der Waals surface area contributed by atoms with E-state index >= 15 is 0 Å². The van der Waals surface area contributed by atoms with Gasteiger partial charge in [-0.05, 0) is 18.1 Å². The van der Waals surface area contributed by atoms with Gasteiger partial charge in [0.05, 0.1) is 24.5 Å². The number of aliphatic hydroxyl groups excluding tert-OH is 1. The zero-order chi connectivity index (χ0) is 13.8. The summed E-state index contributed by atoms with van der Waals surface area (Å²) in [5.74, 6) is -1.61. The van der Waals surface area contributed by atoms with Gasteiger partial charge in [-0.1, -0.05) is 6.92 Å². The Morgan fingerprint density at radius 1 is 1.61 bits per heavy atom. The number of ether oxygens (including phenoxy) is 1. The van der Waals surface area contributed by atoms with E-state index in [1.807, 2.05) is 0 Å². The lowest BCUT2D eigenvalue weighted by atomic mass is 9.78. The van der Waals surface area contributed by atoms with Gasteiger partial charge in [0.25, 0.3) is 0 Å². The molecule has 3 atom stereocenters. The molecule has 0 aromatic heterocycles. The number of allylic oxidation sites excluding steroid dienone is 1. The number of rotatable bonds is 6. The van der Waals surface area contributed by atoms with Crippen molar-refractivity contribution in [1.82, 2.24) is 0 Å². The minimum atomic E-state index is -1.48. The highest BCUT2D eigenvalue weighted by molar-refractivity contribution is 5.76. The van der Waals surface area contributed by atoms with E-state index in [0.717, 1.165) is 0 Å². The van der Waals surface area contributed by atoms with E-state index in [1.54, 1.807) is 13.0 Å². The summed E-state index contributed by atoms with van der Waals surface area (Å²) in [4.78, 5) is 14.9. The maximum Gasteiger partial charge on any atom is 0.306 e. The molecule has 102 valence electrons. The highest BCUT2D eigenvalue weighted by atomic mass is 16.5. The number of dihydropyridines is 1. The molecule has 1 aliphatic heterocycles. The third-order valence-electron chi connectivity index (χ3n) is 3.23. The van der Waals surface area contributed by atoms with E-state index in [2.05, 4.69) is 4.99 Å². The van der Waals surface area contributed by atoms with Crippen LogP contribution in [0.25, 0.3) is 0 Å². The van der Waals surface area contributed by atoms with E-state index in [0.29, 0.717) is 5.57 Å². The third kappa shape index (κ3) is 2.95. The van der Waals surface area contributed by atoms with Crippen LogP contribution in [-0.4, -0.2) is 53.0 Å². The molecule has 0 saturated carbocycles. The molecule has 0 aliphatic carbocycles. The van der Waals surface area contributed by atoms with Crippen LogP contribution in [0.5, 0.6) is 0 Å². The number of carboxylic acids is 1. The Labute approximate surface area is 106 Å². The van der Waals surface area contributed by atoms with Crippen molar-refractivity contribution in [3.63, 3.8) is 0 Å². The third-order valence-corrected chi connectivity index (χ3v) is 3.23. The molecule has 1 heterocycles. The Morgan fingerprint density at radius 3 is 2.72 bits per heavy atom. The van der Waals surface area contributed by atoms with Gasteiger partial charge < -0.3 is 20.1 Å². The number of carboxylic acid groups (broad SMARTS) is 1. The summed E-state index contributed by atoms with van der Waals surface area (Å²) in [5.41, 5.74) is -1.03. The fraction of sp³-hybridized carbons (Fsp3) is 0.667. The molecule has 6 nitrogen and oxygen atoms in total. The second kappa shape index (κ2) is 6.08. The van der Waals surface area contributed by atoms with Gasteiger partial charge in [0, 0.05) is 13.3 Å². The molecule has 6 heteroatoms. The number of hydrogen-bond acceptors (Lipinski definition) is 5. The number of nitrogens with zero attached hydrogens (tertiary/aromatic N) is 1. The Bertz CT molecular complexity index is 365. The molecule has 2 unspecified atom stereocenters. The first-order valence-corrected chi connectivity index (χ1v) is 5.80. The SMILES string of the molecule is CC[C@@](O)(CC(=O)O)C1=CC=NC(OC)C1CO. The van der Waals surface area contributed by atoms with Gasteiger partial charge >= 0.3 is 5.97 Å². The van der Waals surface area contributed by atoms with E-state index in [9.17, 15) is 15.0 Å². The average Bonchev–Trinajstić information content (AvgIpc) is 2.36. The zero-order valence-corrected chi connectivity index (χ0v) is 10.5. The fourth-order valence-electron chi connectivity index (χ4n) is 2.18. The molecule has 18 heavy (non-hydrogen) atoms. The summed E-state index contributed by atoms with van der Waals surface area (Å²) in [6.45, 7) is 1.44. The first-order valence-electron chi connectivity index (χ1n) is 5.80. The van der Waals surface area contributed by atoms with Gasteiger partial charge in [0.1, 0.15) is 0 Å². The maximum absolute atomic E-state index is 10.8. The minimum absolute atomic E-state index is 0.242. The highest BCUT2D eigenvalue weighted by Crippen LogP contribution is 2.34. The Morgan fingerprint density at radius 2 is 2.28 bits per heavy atom. The summed E-state index contributed by atoms with van der Waals surface area (Å²) < 4.78 is 5.11. The lowest BCUT2D eigenvalue weighted by Gasteiger charge is -2.36. The normalized spacial score (nSPS) is 26.6. The van der Waals surface area contributed by atoms with Gasteiger partial charge in [-0.3, -0.25) is 9.79 Å². The van der Waals surface area contributed by atoms with Crippen LogP contribution >= 0.6 is 0 Å². The van der Waals surface area contributed by atoms with Crippen molar-refractivity contribution < 1.29 is 24.9 Å². The van der Waals surface area contributed by atoms with Gasteiger partial charge in [-0.15, -0.1) is 0 Å². The lowest BCUT2D eigenvalue weighted by molar-refractivity contribution is -0.141. The Kier molecular flexibility index (Phi) is 5.01. The van der Waals surface area contributed by atoms with Crippen molar-refractivity contribution in [3.8, 4) is 0 Å². The molecule has 1 rings (SSSR count). The molecular formula is C12H19NO5. The molecule has 0 aromatic carbocycles. The second-order valence-electron chi connectivity index (χ2n) is 4.29. The summed E-state index contributed by atoms with van der Waals surface area (Å²) in [6, 6.07) is 0. The van der Waals surface area contributed by atoms with Crippen LogP contribution in [0.4, 0.5) is 0 Å². The van der Waals surface area contributed by atoms with Crippen LogP contribution < -0.4 is 0 Å². The molecule has 0 bridgehead atoms. The number of aliphatic hydroxyl groups is 2. The zero-order valence-electron chi connectivity index (χ0n) is 10.5. The van der Waals surface area contributed by atoms with E-state index in [4.69, 9.17) is 9.84 Å². The van der Waals surface area contributed by atoms with Gasteiger partial charge in [0.2, 0.25) is 0 Å². The monoisotopic (exact) mass is 257 g/mol. The molecule has 0 amide bonds. The van der Waals surface area contributed by atoms with Crippen molar-refractivity contribution in [2.24, 2.45) is 10.9 Å². The summed E-state index contributed by atoms with van der Waals surface area (Å²) in [5, 5.41) is 28.7. The summed E-state index contributed by atoms with van der Waals surface area (Å²) in [6.07, 6.45) is 2.27. The van der Waals surface area contributed by atoms with Crippen LogP contribution in [0.15, 0.2) is 16.6 Å². The predicted molar refractivity (Wildman–Crippen MR) is 65.4 cm³/mol. The Balaban J connectivity index is 3.06. The lowest BCUT2D eigenvalue weighted by Crippen LogP contribution is -2.42. The molecule has 0 aromatic rings. The number of methoxy groups -OCH3 is 1. The van der Waals surface area contributed by atoms with Crippen LogP contribution in [0, 0.1) is 5.92 Å². The van der Waals surface area contributed by atoms with Crippen molar-refractivity contribution in [2.45, 2.75) is 31.6 Å². The van der Waals surface area contributed by atoms with Gasteiger partial charge in [-0.2, -0.15) is 0 Å². The largest absolute Gasteiger partial charge is 0.481 e. The number of aliphatic carboxylic acids is 1. The van der Waals surface area contributed by atoms with Gasteiger partial charge in [0.15, 0.2) is 6.23 Å². The van der Waals surface area contributed by atoms with Gasteiger partial charge in [-0.25, -0.2) is 0 Å². The van der Waals surface area contributed by atoms with Crippen molar-refractivity contribution >= 4 is 12.2 Å². The molecule has 0 fully saturated rings. The van der Waals surface area contributed by atoms with Crippen molar-refractivity contribution in [3.05, 3.63) is 11.6 Å². The molecule has 0 saturated heterocycles. The number of hydrogen-bond donors (Lipinski definition) is 3. The maximum atomic E-state index is 10.8. The topological polar surface area (TPSA) is 99.4 Å². The van der Waals surface area contributed by atoms with Crippen LogP contribution in [0.1, 0.15) is 19.8 Å². The highest BCUT2D eigenvalue weighted by Gasteiger charge is 2.40. The quantitative estimate of drug-likeness (QED) is 0.631. The van der Waals surface area contributed by atoms with E-state index in [-0.39, 0.29) is 13.0 Å². The number of carbonyl (C=O) groups is 1. The van der Waals surface area contributed by atoms with E-state index < -0.39 is 30.1 Å². The van der Waals surface area contributed by atoms with Crippen LogP contribution in [0.3, 0.4) is 0 Å². The molecular weight excluding hydrogens is 238 g/mol. The predicted octanol–water partition coefficient (Wildman–Crippen LogP) is 0.194. The standard InChI is InChI=1S/C12H19NO5/c1-3-12(17,6-10(15)16)9-4-5-13-11(18-2)8(9)7-14/h4-5,8,11,14,17H,3,6-7H2,1-2H3,(H,15,16)/t8?,11?,12-/m1/s1. The van der Waals surface area contributed by atoms with Crippen LogP contribution in [-0.2, 0) is 9.53 Å². The minimum Gasteiger partial charge on any atom is -0.481 e. The number of aliphatic imine (C=N–C) groups is 1. The molecule has 1 aliphatic rings. The molecule has 3 N–H and O–H groups in total. The van der Waals surface area contributed by atoms with Crippen molar-refractivity contribution in [1.29, 1.82) is 0 Å². The smallest absolute Gasteiger partial charge is 0.306 e. The first kappa shape index (κ1) is 14.8. The van der Waals surface area contributed by atoms with Crippen molar-refractivity contribution in [2.75, 3.05) is 13.7 Å². The second-order valence-corrected chi connectivity index (χ2v) is 4.29. The molecule has 0 spiro atoms.